The average molecular weight is 271 g/mol. The van der Waals surface area contributed by atoms with Gasteiger partial charge in [0.2, 0.25) is 0 Å². The van der Waals surface area contributed by atoms with Crippen molar-refractivity contribution in [3.63, 3.8) is 0 Å². The summed E-state index contributed by atoms with van der Waals surface area (Å²) in [6, 6.07) is 0.341. The van der Waals surface area contributed by atoms with Crippen LogP contribution in [0.4, 0.5) is 0 Å². The van der Waals surface area contributed by atoms with Crippen LogP contribution in [0.2, 0.25) is 0 Å². The second-order valence-corrected chi connectivity index (χ2v) is 5.23. The van der Waals surface area contributed by atoms with Gasteiger partial charge >= 0.3 is 5.97 Å². The number of hydrogen-bond acceptors (Lipinski definition) is 5. The standard InChI is InChI=1S/C11H17N3O3S/c1-3-17-9-4-8(5-9)14-7(2)12-13-11(14)18-6-10(15)16/h8-9H,3-6H2,1-2H3,(H,15,16). The Labute approximate surface area is 110 Å². The van der Waals surface area contributed by atoms with Crippen molar-refractivity contribution in [2.45, 2.75) is 44.0 Å². The van der Waals surface area contributed by atoms with Crippen LogP contribution in [-0.4, -0.2) is 44.3 Å². The minimum absolute atomic E-state index is 0.0136. The number of hydrogen-bond donors (Lipinski definition) is 1. The lowest BCUT2D eigenvalue weighted by molar-refractivity contribution is -0.133. The monoisotopic (exact) mass is 271 g/mol. The van der Waals surface area contributed by atoms with Crippen LogP contribution in [0.5, 0.6) is 0 Å². The van der Waals surface area contributed by atoms with Crippen LogP contribution in [0.1, 0.15) is 31.6 Å². The van der Waals surface area contributed by atoms with Crippen LogP contribution in [0.15, 0.2) is 5.16 Å². The van der Waals surface area contributed by atoms with Crippen LogP contribution in [0, 0.1) is 6.92 Å². The van der Waals surface area contributed by atoms with Crippen molar-refractivity contribution in [1.82, 2.24) is 14.8 Å². The minimum Gasteiger partial charge on any atom is -0.481 e. The summed E-state index contributed by atoms with van der Waals surface area (Å²) in [6.45, 7) is 4.62. The molecule has 0 bridgehead atoms. The lowest BCUT2D eigenvalue weighted by atomic mass is 9.89. The molecule has 2 rings (SSSR count). The fourth-order valence-corrected chi connectivity index (χ4v) is 2.89. The van der Waals surface area contributed by atoms with E-state index >= 15 is 0 Å². The molecule has 0 atom stereocenters. The molecule has 0 amide bonds. The van der Waals surface area contributed by atoms with Crippen molar-refractivity contribution in [3.8, 4) is 0 Å². The molecule has 1 aliphatic carbocycles. The quantitative estimate of drug-likeness (QED) is 0.790. The Morgan fingerprint density at radius 1 is 1.56 bits per heavy atom. The molecular formula is C11H17N3O3S. The predicted octanol–water partition coefficient (Wildman–Crippen LogP) is 1.50. The summed E-state index contributed by atoms with van der Waals surface area (Å²) in [5.41, 5.74) is 0. The van der Waals surface area contributed by atoms with Gasteiger partial charge in [-0.15, -0.1) is 10.2 Å². The number of carbonyl (C=O) groups is 1. The first kappa shape index (κ1) is 13.4. The van der Waals surface area contributed by atoms with Gasteiger partial charge in [-0.2, -0.15) is 0 Å². The summed E-state index contributed by atoms with van der Waals surface area (Å²) < 4.78 is 7.56. The Kier molecular flexibility index (Phi) is 4.23. The third kappa shape index (κ3) is 2.84. The predicted molar refractivity (Wildman–Crippen MR) is 66.8 cm³/mol. The van der Waals surface area contributed by atoms with E-state index in [1.54, 1.807) is 0 Å². The molecule has 0 aliphatic heterocycles. The van der Waals surface area contributed by atoms with E-state index in [0.29, 0.717) is 17.3 Å². The maximum absolute atomic E-state index is 10.6. The molecule has 0 unspecified atom stereocenters. The fraction of sp³-hybridized carbons (Fsp3) is 0.727. The van der Waals surface area contributed by atoms with Gasteiger partial charge in [0.25, 0.3) is 0 Å². The van der Waals surface area contributed by atoms with Crippen molar-refractivity contribution in [3.05, 3.63) is 5.82 Å². The first-order chi connectivity index (χ1) is 8.61. The highest BCUT2D eigenvalue weighted by Crippen LogP contribution is 2.37. The number of nitrogens with zero attached hydrogens (tertiary/aromatic N) is 3. The molecule has 1 heterocycles. The van der Waals surface area contributed by atoms with Gasteiger partial charge in [-0.25, -0.2) is 0 Å². The van der Waals surface area contributed by atoms with Gasteiger partial charge in [0.1, 0.15) is 5.82 Å². The first-order valence-electron chi connectivity index (χ1n) is 5.99. The van der Waals surface area contributed by atoms with Crippen LogP contribution in [0.3, 0.4) is 0 Å². The third-order valence-corrected chi connectivity index (χ3v) is 3.93. The second kappa shape index (κ2) is 5.71. The topological polar surface area (TPSA) is 77.2 Å². The van der Waals surface area contributed by atoms with Gasteiger partial charge in [0.05, 0.1) is 11.9 Å². The van der Waals surface area contributed by atoms with E-state index in [4.69, 9.17) is 9.84 Å². The zero-order chi connectivity index (χ0) is 13.1. The molecule has 1 aliphatic rings. The van der Waals surface area contributed by atoms with Crippen molar-refractivity contribution in [1.29, 1.82) is 0 Å². The van der Waals surface area contributed by atoms with E-state index in [2.05, 4.69) is 10.2 Å². The van der Waals surface area contributed by atoms with Crippen molar-refractivity contribution >= 4 is 17.7 Å². The smallest absolute Gasteiger partial charge is 0.313 e. The summed E-state index contributed by atoms with van der Waals surface area (Å²) in [5.74, 6) is 0.00978. The largest absolute Gasteiger partial charge is 0.481 e. The molecule has 100 valence electrons. The minimum atomic E-state index is -0.840. The van der Waals surface area contributed by atoms with Crippen molar-refractivity contribution in [2.75, 3.05) is 12.4 Å². The first-order valence-corrected chi connectivity index (χ1v) is 6.98. The Hall–Kier alpha value is -1.08. The zero-order valence-electron chi connectivity index (χ0n) is 10.5. The van der Waals surface area contributed by atoms with Crippen molar-refractivity contribution in [2.24, 2.45) is 0 Å². The molecule has 1 fully saturated rings. The number of aliphatic carboxylic acids is 1. The number of rotatable bonds is 6. The van der Waals surface area contributed by atoms with Crippen LogP contribution in [-0.2, 0) is 9.53 Å². The molecule has 0 radical (unpaired) electrons. The summed E-state index contributed by atoms with van der Waals surface area (Å²) >= 11 is 1.22. The fourth-order valence-electron chi connectivity index (χ4n) is 2.12. The Morgan fingerprint density at radius 2 is 2.28 bits per heavy atom. The summed E-state index contributed by atoms with van der Waals surface area (Å²) in [4.78, 5) is 10.6. The summed E-state index contributed by atoms with van der Waals surface area (Å²) in [5, 5.41) is 17.4. The van der Waals surface area contributed by atoms with E-state index in [9.17, 15) is 4.79 Å². The summed E-state index contributed by atoms with van der Waals surface area (Å²) in [7, 11) is 0. The van der Waals surface area contributed by atoms with Gasteiger partial charge in [-0.3, -0.25) is 4.79 Å². The van der Waals surface area contributed by atoms with Gasteiger partial charge in [-0.05, 0) is 26.7 Å². The van der Waals surface area contributed by atoms with E-state index < -0.39 is 5.97 Å². The molecule has 18 heavy (non-hydrogen) atoms. The van der Waals surface area contributed by atoms with Gasteiger partial charge in [0, 0.05) is 12.6 Å². The Morgan fingerprint density at radius 3 is 2.89 bits per heavy atom. The molecule has 1 aromatic heterocycles. The van der Waals surface area contributed by atoms with Crippen LogP contribution in [0.25, 0.3) is 0 Å². The summed E-state index contributed by atoms with van der Waals surface area (Å²) in [6.07, 6.45) is 2.22. The zero-order valence-corrected chi connectivity index (χ0v) is 11.3. The lowest BCUT2D eigenvalue weighted by Crippen LogP contribution is -2.34. The number of carboxylic acids is 1. The van der Waals surface area contributed by atoms with Gasteiger partial charge in [0.15, 0.2) is 5.16 Å². The molecule has 1 saturated carbocycles. The normalized spacial score (nSPS) is 22.8. The molecule has 6 nitrogen and oxygen atoms in total. The molecule has 0 spiro atoms. The molecule has 0 aromatic carbocycles. The number of carboxylic acid groups (broad SMARTS) is 1. The highest BCUT2D eigenvalue weighted by Gasteiger charge is 2.33. The molecular weight excluding hydrogens is 254 g/mol. The SMILES string of the molecule is CCOC1CC(n2c(C)nnc2SCC(=O)O)C1. The molecule has 7 heteroatoms. The van der Waals surface area contributed by atoms with Gasteiger partial charge < -0.3 is 14.4 Å². The van der Waals surface area contributed by atoms with E-state index in [0.717, 1.165) is 25.3 Å². The highest BCUT2D eigenvalue weighted by molar-refractivity contribution is 7.99. The number of thioether (sulfide) groups is 1. The van der Waals surface area contributed by atoms with E-state index in [1.165, 1.54) is 11.8 Å². The third-order valence-electron chi connectivity index (χ3n) is 3.00. The number of aryl methyl sites for hydroxylation is 1. The van der Waals surface area contributed by atoms with Gasteiger partial charge in [-0.1, -0.05) is 11.8 Å². The maximum Gasteiger partial charge on any atom is 0.313 e. The Balaban J connectivity index is 1.99. The average Bonchev–Trinajstić information content (AvgIpc) is 2.62. The Bertz CT molecular complexity index is 429. The molecule has 0 saturated heterocycles. The molecule has 1 aromatic rings. The lowest BCUT2D eigenvalue weighted by Gasteiger charge is -2.36. The van der Waals surface area contributed by atoms with Crippen LogP contribution < -0.4 is 0 Å². The second-order valence-electron chi connectivity index (χ2n) is 4.28. The van der Waals surface area contributed by atoms with E-state index in [1.807, 2.05) is 18.4 Å². The maximum atomic E-state index is 10.6. The van der Waals surface area contributed by atoms with E-state index in [-0.39, 0.29) is 5.75 Å². The highest BCUT2D eigenvalue weighted by atomic mass is 32.2. The number of ether oxygens (including phenoxy) is 1. The van der Waals surface area contributed by atoms with Crippen molar-refractivity contribution < 1.29 is 14.6 Å². The molecule has 1 N–H and O–H groups in total. The van der Waals surface area contributed by atoms with Crippen LogP contribution >= 0.6 is 11.8 Å². The number of aromatic nitrogens is 3.